The van der Waals surface area contributed by atoms with Crippen LogP contribution in [0, 0.1) is 11.8 Å². The molecule has 1 heterocycles. The average molecular weight is 243 g/mol. The Morgan fingerprint density at radius 2 is 2.38 bits per heavy atom. The van der Waals surface area contributed by atoms with Crippen molar-refractivity contribution in [1.82, 2.24) is 15.2 Å². The first-order chi connectivity index (χ1) is 7.65. The van der Waals surface area contributed by atoms with Gasteiger partial charge in [-0.25, -0.2) is 0 Å². The molecule has 0 amide bonds. The summed E-state index contributed by atoms with van der Waals surface area (Å²) in [7, 11) is 1.91. The van der Waals surface area contributed by atoms with Crippen LogP contribution in [0.4, 0.5) is 0 Å². The molecule has 1 saturated carbocycles. The molecule has 3 atom stereocenters. The number of nitrogens with one attached hydrogen (secondary N) is 1. The fourth-order valence-corrected chi connectivity index (χ4v) is 3.13. The third-order valence-electron chi connectivity index (χ3n) is 3.77. The Kier molecular flexibility index (Phi) is 3.52. The summed E-state index contributed by atoms with van der Waals surface area (Å²) in [4.78, 5) is 0. The van der Waals surface area contributed by atoms with Gasteiger partial charge in [0.2, 0.25) is 0 Å². The standard InChI is InChI=1S/C11H19ClN4/c1-7-4-3-5-8(7)10(15-13)11-9(12)6-14-16(11)2/h6-8,10,15H,3-5,13H2,1-2H3. The Bertz CT molecular complexity index is 343. The number of aryl methyl sites for hydroxylation is 1. The van der Waals surface area contributed by atoms with Crippen molar-refractivity contribution in [3.63, 3.8) is 0 Å². The van der Waals surface area contributed by atoms with Gasteiger partial charge in [-0.3, -0.25) is 16.0 Å². The Labute approximate surface area is 101 Å². The van der Waals surface area contributed by atoms with Crippen molar-refractivity contribution in [2.45, 2.75) is 32.2 Å². The Hall–Kier alpha value is -0.580. The van der Waals surface area contributed by atoms with Crippen LogP contribution in [0.5, 0.6) is 0 Å². The lowest BCUT2D eigenvalue weighted by Crippen LogP contribution is -2.36. The maximum Gasteiger partial charge on any atom is 0.0834 e. The number of hydrogen-bond acceptors (Lipinski definition) is 3. The second-order valence-electron chi connectivity index (χ2n) is 4.72. The molecule has 0 aliphatic heterocycles. The van der Waals surface area contributed by atoms with E-state index in [4.69, 9.17) is 17.4 Å². The van der Waals surface area contributed by atoms with Crippen LogP contribution in [0.2, 0.25) is 5.02 Å². The van der Waals surface area contributed by atoms with Gasteiger partial charge in [-0.1, -0.05) is 31.4 Å². The normalized spacial score (nSPS) is 27.2. The third-order valence-corrected chi connectivity index (χ3v) is 4.06. The topological polar surface area (TPSA) is 55.9 Å². The van der Waals surface area contributed by atoms with Crippen LogP contribution in [0.25, 0.3) is 0 Å². The van der Waals surface area contributed by atoms with E-state index in [1.54, 1.807) is 6.20 Å². The molecular formula is C11H19ClN4. The molecule has 5 heteroatoms. The summed E-state index contributed by atoms with van der Waals surface area (Å²) >= 11 is 6.17. The minimum absolute atomic E-state index is 0.109. The fourth-order valence-electron chi connectivity index (χ4n) is 2.84. The molecule has 4 nitrogen and oxygen atoms in total. The van der Waals surface area contributed by atoms with Crippen molar-refractivity contribution in [3.05, 3.63) is 16.9 Å². The summed E-state index contributed by atoms with van der Waals surface area (Å²) < 4.78 is 1.82. The smallest absolute Gasteiger partial charge is 0.0834 e. The second kappa shape index (κ2) is 4.73. The summed E-state index contributed by atoms with van der Waals surface area (Å²) in [6, 6.07) is 0.109. The predicted octanol–water partition coefficient (Wildman–Crippen LogP) is 2.01. The number of aromatic nitrogens is 2. The monoisotopic (exact) mass is 242 g/mol. The van der Waals surface area contributed by atoms with Gasteiger partial charge >= 0.3 is 0 Å². The highest BCUT2D eigenvalue weighted by molar-refractivity contribution is 6.31. The maximum absolute atomic E-state index is 6.17. The molecule has 0 bridgehead atoms. The lowest BCUT2D eigenvalue weighted by atomic mass is 9.88. The highest BCUT2D eigenvalue weighted by Crippen LogP contribution is 2.41. The summed E-state index contributed by atoms with van der Waals surface area (Å²) in [6.07, 6.45) is 5.44. The first kappa shape index (κ1) is 11.9. The first-order valence-electron chi connectivity index (χ1n) is 5.78. The maximum atomic E-state index is 6.17. The number of nitrogens with zero attached hydrogens (tertiary/aromatic N) is 2. The zero-order chi connectivity index (χ0) is 11.7. The minimum atomic E-state index is 0.109. The summed E-state index contributed by atoms with van der Waals surface area (Å²) in [6.45, 7) is 2.28. The lowest BCUT2D eigenvalue weighted by molar-refractivity contribution is 0.293. The number of nitrogens with two attached hydrogens (primary N) is 1. The predicted molar refractivity (Wildman–Crippen MR) is 64.8 cm³/mol. The fraction of sp³-hybridized carbons (Fsp3) is 0.727. The van der Waals surface area contributed by atoms with Crippen LogP contribution in [0.1, 0.15) is 37.9 Å². The minimum Gasteiger partial charge on any atom is -0.271 e. The van der Waals surface area contributed by atoms with Gasteiger partial charge in [-0.2, -0.15) is 5.10 Å². The molecule has 0 radical (unpaired) electrons. The molecule has 0 spiro atoms. The molecule has 1 aromatic heterocycles. The highest BCUT2D eigenvalue weighted by atomic mass is 35.5. The zero-order valence-corrected chi connectivity index (χ0v) is 10.5. The molecule has 3 unspecified atom stereocenters. The molecule has 16 heavy (non-hydrogen) atoms. The van der Waals surface area contributed by atoms with Gasteiger partial charge in [0.25, 0.3) is 0 Å². The van der Waals surface area contributed by atoms with Crippen molar-refractivity contribution in [1.29, 1.82) is 0 Å². The van der Waals surface area contributed by atoms with Gasteiger partial charge in [0.1, 0.15) is 0 Å². The van der Waals surface area contributed by atoms with Crippen molar-refractivity contribution >= 4 is 11.6 Å². The number of hydrazine groups is 1. The first-order valence-corrected chi connectivity index (χ1v) is 6.16. The van der Waals surface area contributed by atoms with Gasteiger partial charge in [-0.15, -0.1) is 0 Å². The van der Waals surface area contributed by atoms with E-state index in [1.807, 2.05) is 11.7 Å². The molecule has 0 aromatic carbocycles. The summed E-state index contributed by atoms with van der Waals surface area (Å²) in [5, 5.41) is 4.87. The Balaban J connectivity index is 2.28. The number of rotatable bonds is 3. The Morgan fingerprint density at radius 3 is 2.81 bits per heavy atom. The van der Waals surface area contributed by atoms with E-state index < -0.39 is 0 Å². The van der Waals surface area contributed by atoms with Gasteiger partial charge < -0.3 is 0 Å². The van der Waals surface area contributed by atoms with Gasteiger partial charge in [-0.05, 0) is 18.3 Å². The molecular weight excluding hydrogens is 224 g/mol. The lowest BCUT2D eigenvalue weighted by Gasteiger charge is -2.26. The van der Waals surface area contributed by atoms with E-state index in [1.165, 1.54) is 19.3 Å². The highest BCUT2D eigenvalue weighted by Gasteiger charge is 2.33. The van der Waals surface area contributed by atoms with Crippen LogP contribution in [0.3, 0.4) is 0 Å². The van der Waals surface area contributed by atoms with Crippen LogP contribution >= 0.6 is 11.6 Å². The van der Waals surface area contributed by atoms with E-state index >= 15 is 0 Å². The van der Waals surface area contributed by atoms with Gasteiger partial charge in [0, 0.05) is 7.05 Å². The van der Waals surface area contributed by atoms with E-state index in [0.29, 0.717) is 16.9 Å². The molecule has 90 valence electrons. The van der Waals surface area contributed by atoms with E-state index in [-0.39, 0.29) is 6.04 Å². The van der Waals surface area contributed by atoms with Crippen LogP contribution in [0.15, 0.2) is 6.20 Å². The average Bonchev–Trinajstić information content (AvgIpc) is 2.80. The van der Waals surface area contributed by atoms with Crippen LogP contribution in [-0.4, -0.2) is 9.78 Å². The van der Waals surface area contributed by atoms with Crippen LogP contribution < -0.4 is 11.3 Å². The molecule has 1 fully saturated rings. The van der Waals surface area contributed by atoms with E-state index in [0.717, 1.165) is 5.69 Å². The van der Waals surface area contributed by atoms with Crippen molar-refractivity contribution in [3.8, 4) is 0 Å². The quantitative estimate of drug-likeness (QED) is 0.630. The third kappa shape index (κ3) is 1.97. The van der Waals surface area contributed by atoms with Gasteiger partial charge in [0.15, 0.2) is 0 Å². The molecule has 1 aliphatic rings. The summed E-state index contributed by atoms with van der Waals surface area (Å²) in [5.41, 5.74) is 3.92. The molecule has 2 rings (SSSR count). The Morgan fingerprint density at radius 1 is 1.62 bits per heavy atom. The SMILES string of the molecule is CC1CCCC1C(NN)c1c(Cl)cnn1C. The van der Waals surface area contributed by atoms with Crippen molar-refractivity contribution in [2.75, 3.05) is 0 Å². The van der Waals surface area contributed by atoms with Crippen LogP contribution in [-0.2, 0) is 7.05 Å². The van der Waals surface area contributed by atoms with Crippen molar-refractivity contribution < 1.29 is 0 Å². The van der Waals surface area contributed by atoms with E-state index in [9.17, 15) is 0 Å². The number of halogens is 1. The van der Waals surface area contributed by atoms with E-state index in [2.05, 4.69) is 17.4 Å². The number of hydrogen-bond donors (Lipinski definition) is 2. The molecule has 1 aliphatic carbocycles. The zero-order valence-electron chi connectivity index (χ0n) is 9.78. The summed E-state index contributed by atoms with van der Waals surface area (Å²) in [5.74, 6) is 6.93. The second-order valence-corrected chi connectivity index (χ2v) is 5.12. The molecule has 1 aromatic rings. The largest absolute Gasteiger partial charge is 0.271 e. The van der Waals surface area contributed by atoms with Crippen molar-refractivity contribution in [2.24, 2.45) is 24.7 Å². The molecule has 0 saturated heterocycles. The molecule has 3 N–H and O–H groups in total. The van der Waals surface area contributed by atoms with Gasteiger partial charge in [0.05, 0.1) is 23.0 Å².